The van der Waals surface area contributed by atoms with Crippen LogP contribution in [0.5, 0.6) is 0 Å². The van der Waals surface area contributed by atoms with Gasteiger partial charge < -0.3 is 5.73 Å². The van der Waals surface area contributed by atoms with Crippen LogP contribution in [0.15, 0.2) is 6.20 Å². The van der Waals surface area contributed by atoms with Crippen molar-refractivity contribution in [2.45, 2.75) is 6.92 Å². The van der Waals surface area contributed by atoms with E-state index in [9.17, 15) is 9.18 Å². The summed E-state index contributed by atoms with van der Waals surface area (Å²) in [4.78, 5) is 17.1. The number of amides is 1. The van der Waals surface area contributed by atoms with E-state index >= 15 is 0 Å². The van der Waals surface area contributed by atoms with E-state index in [1.165, 1.54) is 6.92 Å². The second-order valence-electron chi connectivity index (χ2n) is 2.00. The highest BCUT2D eigenvalue weighted by Gasteiger charge is 2.06. The molecule has 0 aromatic carbocycles. The SMILES string of the molecule is Cc1nc(F)ncc1C(N)=O. The van der Waals surface area contributed by atoms with E-state index in [4.69, 9.17) is 5.73 Å². The molecule has 58 valence electrons. The lowest BCUT2D eigenvalue weighted by atomic mass is 10.2. The Bertz CT molecular complexity index is 300. The summed E-state index contributed by atoms with van der Waals surface area (Å²) >= 11 is 0. The molecule has 1 amide bonds. The molecule has 1 aromatic heterocycles. The highest BCUT2D eigenvalue weighted by Crippen LogP contribution is 2.01. The maximum Gasteiger partial charge on any atom is 0.308 e. The normalized spacial score (nSPS) is 9.64. The first-order valence-electron chi connectivity index (χ1n) is 2.90. The van der Waals surface area contributed by atoms with Gasteiger partial charge in [-0.25, -0.2) is 9.97 Å². The van der Waals surface area contributed by atoms with Gasteiger partial charge in [-0.15, -0.1) is 0 Å². The standard InChI is InChI=1S/C6H6FN3O/c1-3-4(5(8)11)2-9-6(7)10-3/h2H,1H3,(H2,8,11). The third-order valence-corrected chi connectivity index (χ3v) is 1.22. The molecule has 0 aliphatic rings. The molecule has 11 heavy (non-hydrogen) atoms. The fourth-order valence-electron chi connectivity index (χ4n) is 0.681. The molecule has 1 heterocycles. The second kappa shape index (κ2) is 2.61. The number of primary amides is 1. The zero-order valence-corrected chi connectivity index (χ0v) is 5.84. The maximum atomic E-state index is 12.2. The highest BCUT2D eigenvalue weighted by molar-refractivity contribution is 5.93. The minimum Gasteiger partial charge on any atom is -0.365 e. The van der Waals surface area contributed by atoms with Gasteiger partial charge in [-0.3, -0.25) is 4.79 Å². The van der Waals surface area contributed by atoms with Crippen molar-refractivity contribution in [3.05, 3.63) is 23.5 Å². The number of hydrogen-bond acceptors (Lipinski definition) is 3. The Kier molecular flexibility index (Phi) is 1.80. The van der Waals surface area contributed by atoms with Crippen LogP contribution in [-0.2, 0) is 0 Å². The molecule has 1 aromatic rings. The summed E-state index contributed by atoms with van der Waals surface area (Å²) in [5.74, 6) is -0.650. The lowest BCUT2D eigenvalue weighted by Crippen LogP contribution is -2.14. The molecule has 0 saturated carbocycles. The molecular weight excluding hydrogens is 149 g/mol. The monoisotopic (exact) mass is 155 g/mol. The second-order valence-corrected chi connectivity index (χ2v) is 2.00. The van der Waals surface area contributed by atoms with E-state index in [-0.39, 0.29) is 11.3 Å². The fraction of sp³-hybridized carbons (Fsp3) is 0.167. The highest BCUT2D eigenvalue weighted by atomic mass is 19.1. The van der Waals surface area contributed by atoms with E-state index in [0.29, 0.717) is 0 Å². The number of carbonyl (C=O) groups is 1. The van der Waals surface area contributed by atoms with Gasteiger partial charge in [-0.1, -0.05) is 0 Å². The van der Waals surface area contributed by atoms with Crippen LogP contribution < -0.4 is 5.73 Å². The third kappa shape index (κ3) is 1.49. The van der Waals surface area contributed by atoms with Crippen LogP contribution in [0.2, 0.25) is 0 Å². The fourth-order valence-corrected chi connectivity index (χ4v) is 0.681. The maximum absolute atomic E-state index is 12.2. The van der Waals surface area contributed by atoms with Crippen LogP contribution in [0.3, 0.4) is 0 Å². The Balaban J connectivity index is 3.20. The van der Waals surface area contributed by atoms with Crippen molar-refractivity contribution in [3.63, 3.8) is 0 Å². The van der Waals surface area contributed by atoms with Crippen molar-refractivity contribution in [1.82, 2.24) is 9.97 Å². The zero-order chi connectivity index (χ0) is 8.43. The number of carbonyl (C=O) groups excluding carboxylic acids is 1. The van der Waals surface area contributed by atoms with Crippen molar-refractivity contribution in [3.8, 4) is 0 Å². The first kappa shape index (κ1) is 7.59. The molecule has 4 nitrogen and oxygen atoms in total. The van der Waals surface area contributed by atoms with Gasteiger partial charge in [0.2, 0.25) is 0 Å². The van der Waals surface area contributed by atoms with Crippen molar-refractivity contribution in [1.29, 1.82) is 0 Å². The minimum absolute atomic E-state index is 0.145. The van der Waals surface area contributed by atoms with Crippen molar-refractivity contribution >= 4 is 5.91 Å². The Morgan fingerprint density at radius 1 is 1.73 bits per heavy atom. The van der Waals surface area contributed by atoms with E-state index in [1.807, 2.05) is 0 Å². The van der Waals surface area contributed by atoms with Crippen molar-refractivity contribution < 1.29 is 9.18 Å². The molecule has 0 atom stereocenters. The number of nitrogens with two attached hydrogens (primary N) is 1. The van der Waals surface area contributed by atoms with Crippen molar-refractivity contribution in [2.75, 3.05) is 0 Å². The molecule has 0 saturated heterocycles. The predicted octanol–water partition coefficient (Wildman–Crippen LogP) is 0.0230. The van der Waals surface area contributed by atoms with E-state index in [2.05, 4.69) is 9.97 Å². The van der Waals surface area contributed by atoms with Crippen molar-refractivity contribution in [2.24, 2.45) is 5.73 Å². The summed E-state index contributed by atoms with van der Waals surface area (Å²) < 4.78 is 12.2. The van der Waals surface area contributed by atoms with E-state index in [0.717, 1.165) is 6.20 Å². The van der Waals surface area contributed by atoms with E-state index in [1.54, 1.807) is 0 Å². The Labute approximate surface area is 62.3 Å². The molecule has 0 aliphatic heterocycles. The molecular formula is C6H6FN3O. The molecule has 2 N–H and O–H groups in total. The summed E-state index contributed by atoms with van der Waals surface area (Å²) in [5.41, 5.74) is 5.32. The number of hydrogen-bond donors (Lipinski definition) is 1. The average Bonchev–Trinajstić information content (AvgIpc) is 1.85. The molecule has 5 heteroatoms. The zero-order valence-electron chi connectivity index (χ0n) is 5.84. The summed E-state index contributed by atoms with van der Waals surface area (Å²) in [6, 6.07) is 0. The molecule has 1 rings (SSSR count). The number of aromatic nitrogens is 2. The molecule has 0 bridgehead atoms. The molecule has 0 spiro atoms. The Hall–Kier alpha value is -1.52. The first-order chi connectivity index (χ1) is 5.11. The minimum atomic E-state index is -0.854. The van der Waals surface area contributed by atoms with Gasteiger partial charge in [0.15, 0.2) is 0 Å². The predicted molar refractivity (Wildman–Crippen MR) is 35.2 cm³/mol. The van der Waals surface area contributed by atoms with Crippen LogP contribution >= 0.6 is 0 Å². The smallest absolute Gasteiger partial charge is 0.308 e. The molecule has 0 unspecified atom stereocenters. The van der Waals surface area contributed by atoms with Gasteiger partial charge in [0, 0.05) is 6.20 Å². The first-order valence-corrected chi connectivity index (χ1v) is 2.90. The lowest BCUT2D eigenvalue weighted by Gasteiger charge is -1.97. The summed E-state index contributed by atoms with van der Waals surface area (Å²) in [6.07, 6.45) is 0.215. The van der Waals surface area contributed by atoms with Gasteiger partial charge in [-0.05, 0) is 6.92 Å². The summed E-state index contributed by atoms with van der Waals surface area (Å²) in [7, 11) is 0. The number of aryl methyl sites for hydroxylation is 1. The lowest BCUT2D eigenvalue weighted by molar-refractivity contribution is 0.0998. The van der Waals surface area contributed by atoms with Crippen LogP contribution in [0.25, 0.3) is 0 Å². The van der Waals surface area contributed by atoms with Gasteiger partial charge in [-0.2, -0.15) is 4.39 Å². The molecule has 0 radical (unpaired) electrons. The molecule has 0 fully saturated rings. The summed E-state index contributed by atoms with van der Waals surface area (Å²) in [5, 5.41) is 0. The topological polar surface area (TPSA) is 68.9 Å². The average molecular weight is 155 g/mol. The van der Waals surface area contributed by atoms with Gasteiger partial charge in [0.05, 0.1) is 11.3 Å². The van der Waals surface area contributed by atoms with Crippen LogP contribution in [0, 0.1) is 13.0 Å². The molecule has 0 aliphatic carbocycles. The largest absolute Gasteiger partial charge is 0.365 e. The third-order valence-electron chi connectivity index (χ3n) is 1.22. The van der Waals surface area contributed by atoms with Gasteiger partial charge >= 0.3 is 6.08 Å². The number of rotatable bonds is 1. The van der Waals surface area contributed by atoms with E-state index < -0.39 is 12.0 Å². The Morgan fingerprint density at radius 2 is 2.36 bits per heavy atom. The van der Waals surface area contributed by atoms with Crippen LogP contribution in [-0.4, -0.2) is 15.9 Å². The Morgan fingerprint density at radius 3 is 2.82 bits per heavy atom. The van der Waals surface area contributed by atoms with Crippen LogP contribution in [0.1, 0.15) is 16.1 Å². The van der Waals surface area contributed by atoms with Gasteiger partial charge in [0.1, 0.15) is 0 Å². The quantitative estimate of drug-likeness (QED) is 0.581. The van der Waals surface area contributed by atoms with Crippen LogP contribution in [0.4, 0.5) is 4.39 Å². The number of nitrogens with zero attached hydrogens (tertiary/aromatic N) is 2. The number of halogens is 1. The summed E-state index contributed by atoms with van der Waals surface area (Å²) in [6.45, 7) is 1.49. The van der Waals surface area contributed by atoms with Gasteiger partial charge in [0.25, 0.3) is 5.91 Å².